The first kappa shape index (κ1) is 15.3. The van der Waals surface area contributed by atoms with Gasteiger partial charge in [0.2, 0.25) is 0 Å². The van der Waals surface area contributed by atoms with Gasteiger partial charge in [-0.15, -0.1) is 0 Å². The zero-order valence-electron chi connectivity index (χ0n) is 13.3. The molecule has 2 N–H and O–H groups in total. The summed E-state index contributed by atoms with van der Waals surface area (Å²) in [6.07, 6.45) is 3.06. The Morgan fingerprint density at radius 2 is 1.87 bits per heavy atom. The number of nitrogens with zero attached hydrogens (tertiary/aromatic N) is 1. The summed E-state index contributed by atoms with van der Waals surface area (Å²) in [6.45, 7) is 2.22. The van der Waals surface area contributed by atoms with Crippen molar-refractivity contribution in [1.29, 1.82) is 0 Å². The van der Waals surface area contributed by atoms with Crippen LogP contribution in [0.5, 0.6) is 0 Å². The first-order chi connectivity index (χ1) is 11.2. The number of amides is 1. The van der Waals surface area contributed by atoms with Crippen molar-refractivity contribution in [3.05, 3.63) is 65.2 Å². The summed E-state index contributed by atoms with van der Waals surface area (Å²) in [5.41, 5.74) is 8.20. The number of hydrazone groups is 1. The van der Waals surface area contributed by atoms with Gasteiger partial charge in [-0.2, -0.15) is 5.10 Å². The molecule has 1 aliphatic rings. The van der Waals surface area contributed by atoms with Crippen molar-refractivity contribution in [1.82, 2.24) is 5.43 Å². The van der Waals surface area contributed by atoms with Gasteiger partial charge in [-0.3, -0.25) is 4.79 Å². The van der Waals surface area contributed by atoms with Gasteiger partial charge in [-0.25, -0.2) is 5.43 Å². The smallest absolute Gasteiger partial charge is 0.259 e. The van der Waals surface area contributed by atoms with Crippen LogP contribution < -0.4 is 10.7 Å². The van der Waals surface area contributed by atoms with Crippen LogP contribution in [0.1, 0.15) is 29.5 Å². The molecule has 0 radical (unpaired) electrons. The van der Waals surface area contributed by atoms with E-state index in [1.54, 1.807) is 0 Å². The van der Waals surface area contributed by atoms with Gasteiger partial charge in [-0.05, 0) is 43.4 Å². The summed E-state index contributed by atoms with van der Waals surface area (Å²) in [7, 11) is 0. The van der Waals surface area contributed by atoms with Gasteiger partial charge in [-0.1, -0.05) is 42.5 Å². The molecule has 0 saturated heterocycles. The van der Waals surface area contributed by atoms with Crippen LogP contribution in [-0.2, 0) is 11.2 Å². The van der Waals surface area contributed by atoms with Gasteiger partial charge in [0, 0.05) is 11.3 Å². The van der Waals surface area contributed by atoms with Gasteiger partial charge in [0.05, 0.1) is 12.3 Å². The Bertz CT molecular complexity index is 737. The Hall–Kier alpha value is -2.62. The molecule has 2 aromatic carbocycles. The van der Waals surface area contributed by atoms with Crippen LogP contribution >= 0.6 is 0 Å². The maximum absolute atomic E-state index is 12.0. The molecule has 1 aliphatic carbocycles. The molecule has 118 valence electrons. The minimum atomic E-state index is -0.135. The lowest BCUT2D eigenvalue weighted by Gasteiger charge is -2.17. The largest absolute Gasteiger partial charge is 0.376 e. The van der Waals surface area contributed by atoms with Crippen molar-refractivity contribution in [2.45, 2.75) is 26.2 Å². The number of hydrogen-bond donors (Lipinski definition) is 2. The number of benzene rings is 2. The number of carbonyl (C=O) groups excluding carboxylic acids is 1. The molecule has 0 unspecified atom stereocenters. The molecule has 0 atom stereocenters. The number of anilines is 1. The Labute approximate surface area is 136 Å². The highest BCUT2D eigenvalue weighted by molar-refractivity contribution is 6.03. The third kappa shape index (κ3) is 3.77. The van der Waals surface area contributed by atoms with E-state index in [1.807, 2.05) is 43.3 Å². The number of para-hydroxylation sites is 1. The van der Waals surface area contributed by atoms with E-state index in [4.69, 9.17) is 0 Å². The standard InChI is InChI=1S/C19H21N3O/c1-14-7-2-5-11-17(14)20-13-19(23)22-21-18-12-6-9-15-8-3-4-10-16(15)18/h2-5,7-8,10-11,20H,6,9,12-13H2,1H3,(H,22,23)/b21-18+. The molecule has 0 saturated carbocycles. The molecule has 3 rings (SSSR count). The second-order valence-corrected chi connectivity index (χ2v) is 5.77. The molecule has 0 bridgehead atoms. The summed E-state index contributed by atoms with van der Waals surface area (Å²) in [4.78, 5) is 12.0. The van der Waals surface area contributed by atoms with Crippen molar-refractivity contribution >= 4 is 17.3 Å². The maximum Gasteiger partial charge on any atom is 0.259 e. The van der Waals surface area contributed by atoms with Crippen molar-refractivity contribution in [2.24, 2.45) is 5.10 Å². The lowest BCUT2D eigenvalue weighted by Crippen LogP contribution is -2.28. The molecule has 23 heavy (non-hydrogen) atoms. The Morgan fingerprint density at radius 3 is 2.74 bits per heavy atom. The second kappa shape index (κ2) is 7.09. The van der Waals surface area contributed by atoms with Gasteiger partial charge < -0.3 is 5.32 Å². The average Bonchev–Trinajstić information content (AvgIpc) is 2.59. The third-order valence-corrected chi connectivity index (χ3v) is 4.09. The lowest BCUT2D eigenvalue weighted by molar-refractivity contribution is -0.119. The monoisotopic (exact) mass is 307 g/mol. The zero-order valence-corrected chi connectivity index (χ0v) is 13.3. The van der Waals surface area contributed by atoms with Crippen molar-refractivity contribution in [3.63, 3.8) is 0 Å². The summed E-state index contributed by atoms with van der Waals surface area (Å²) >= 11 is 0. The molecule has 4 nitrogen and oxygen atoms in total. The first-order valence-corrected chi connectivity index (χ1v) is 7.97. The van der Waals surface area contributed by atoms with Crippen LogP contribution in [0.2, 0.25) is 0 Å². The van der Waals surface area contributed by atoms with Gasteiger partial charge in [0.25, 0.3) is 5.91 Å². The topological polar surface area (TPSA) is 53.5 Å². The van der Waals surface area contributed by atoms with Crippen LogP contribution in [0, 0.1) is 6.92 Å². The van der Waals surface area contributed by atoms with Gasteiger partial charge in [0.15, 0.2) is 0 Å². The fraction of sp³-hybridized carbons (Fsp3) is 0.263. The van der Waals surface area contributed by atoms with E-state index >= 15 is 0 Å². The molecule has 0 aliphatic heterocycles. The van der Waals surface area contributed by atoms with Crippen LogP contribution in [-0.4, -0.2) is 18.2 Å². The first-order valence-electron chi connectivity index (χ1n) is 7.97. The minimum Gasteiger partial charge on any atom is -0.376 e. The highest BCUT2D eigenvalue weighted by atomic mass is 16.2. The summed E-state index contributed by atoms with van der Waals surface area (Å²) in [5, 5.41) is 7.47. The number of nitrogens with one attached hydrogen (secondary N) is 2. The Balaban J connectivity index is 1.60. The van der Waals surface area contributed by atoms with Crippen molar-refractivity contribution in [3.8, 4) is 0 Å². The summed E-state index contributed by atoms with van der Waals surface area (Å²) in [5.74, 6) is -0.135. The quantitative estimate of drug-likeness (QED) is 0.852. The highest BCUT2D eigenvalue weighted by Crippen LogP contribution is 2.21. The van der Waals surface area contributed by atoms with E-state index in [0.717, 1.165) is 41.8 Å². The Kier molecular flexibility index (Phi) is 4.71. The maximum atomic E-state index is 12.0. The predicted molar refractivity (Wildman–Crippen MR) is 93.7 cm³/mol. The predicted octanol–water partition coefficient (Wildman–Crippen LogP) is 3.26. The molecule has 0 aromatic heterocycles. The van der Waals surface area contributed by atoms with Crippen molar-refractivity contribution in [2.75, 3.05) is 11.9 Å². The van der Waals surface area contributed by atoms with E-state index in [2.05, 4.69) is 28.0 Å². The SMILES string of the molecule is Cc1ccccc1NCC(=O)N/N=C1\CCCc2ccccc21. The fourth-order valence-electron chi connectivity index (χ4n) is 2.83. The number of fused-ring (bicyclic) bond motifs is 1. The third-order valence-electron chi connectivity index (χ3n) is 4.09. The molecular formula is C19H21N3O. The van der Waals surface area contributed by atoms with E-state index in [1.165, 1.54) is 5.56 Å². The van der Waals surface area contributed by atoms with Gasteiger partial charge >= 0.3 is 0 Å². The summed E-state index contributed by atoms with van der Waals surface area (Å²) < 4.78 is 0. The Morgan fingerprint density at radius 1 is 1.09 bits per heavy atom. The number of aryl methyl sites for hydroxylation is 2. The molecule has 0 fully saturated rings. The van der Waals surface area contributed by atoms with E-state index in [0.29, 0.717) is 0 Å². The van der Waals surface area contributed by atoms with E-state index < -0.39 is 0 Å². The van der Waals surface area contributed by atoms with E-state index in [9.17, 15) is 4.79 Å². The van der Waals surface area contributed by atoms with Crippen molar-refractivity contribution < 1.29 is 4.79 Å². The lowest BCUT2D eigenvalue weighted by atomic mass is 9.90. The molecule has 0 heterocycles. The van der Waals surface area contributed by atoms with Gasteiger partial charge in [0.1, 0.15) is 0 Å². The summed E-state index contributed by atoms with van der Waals surface area (Å²) in [6, 6.07) is 16.2. The van der Waals surface area contributed by atoms with Crippen LogP contribution in [0.3, 0.4) is 0 Å². The fourth-order valence-corrected chi connectivity index (χ4v) is 2.83. The normalized spacial score (nSPS) is 15.1. The van der Waals surface area contributed by atoms with Crippen LogP contribution in [0.4, 0.5) is 5.69 Å². The molecule has 1 amide bonds. The van der Waals surface area contributed by atoms with Crippen LogP contribution in [0.25, 0.3) is 0 Å². The average molecular weight is 307 g/mol. The molecular weight excluding hydrogens is 286 g/mol. The highest BCUT2D eigenvalue weighted by Gasteiger charge is 2.15. The minimum absolute atomic E-state index is 0.135. The van der Waals surface area contributed by atoms with E-state index in [-0.39, 0.29) is 12.5 Å². The number of rotatable bonds is 4. The number of hydrogen-bond acceptors (Lipinski definition) is 3. The molecule has 4 heteroatoms. The zero-order chi connectivity index (χ0) is 16.1. The molecule has 2 aromatic rings. The molecule has 0 spiro atoms. The van der Waals surface area contributed by atoms with Crippen LogP contribution in [0.15, 0.2) is 53.6 Å². The second-order valence-electron chi connectivity index (χ2n) is 5.77. The number of carbonyl (C=O) groups is 1.